The van der Waals surface area contributed by atoms with Crippen molar-refractivity contribution in [1.82, 2.24) is 5.32 Å². The van der Waals surface area contributed by atoms with Gasteiger partial charge in [-0.1, -0.05) is 321 Å². The number of esters is 1. The number of allylic oxidation sites excluding steroid dienone is 3. The minimum Gasteiger partial charge on any atom is -0.466 e. The second-order valence-corrected chi connectivity index (χ2v) is 22.8. The minimum atomic E-state index is -0.840. The lowest BCUT2D eigenvalue weighted by Gasteiger charge is -2.20. The molecular formula is C67H129NO5. The van der Waals surface area contributed by atoms with Crippen LogP contribution < -0.4 is 5.32 Å². The average molecular weight is 1030 g/mol. The fraction of sp³-hybridized carbons (Fsp3) is 0.910. The summed E-state index contributed by atoms with van der Waals surface area (Å²) in [5, 5.41) is 23.0. The molecule has 6 nitrogen and oxygen atoms in total. The quantitative estimate of drug-likeness (QED) is 0.0320. The van der Waals surface area contributed by atoms with Gasteiger partial charge in [0.15, 0.2) is 0 Å². The molecule has 2 unspecified atom stereocenters. The monoisotopic (exact) mass is 1030 g/mol. The number of unbranched alkanes of at least 4 members (excludes halogenated alkanes) is 49. The van der Waals surface area contributed by atoms with Crippen molar-refractivity contribution < 1.29 is 24.5 Å². The Morgan fingerprint density at radius 2 is 0.644 bits per heavy atom. The summed E-state index contributed by atoms with van der Waals surface area (Å²) in [5.41, 5.74) is 0. The maximum atomic E-state index is 12.4. The topological polar surface area (TPSA) is 95.9 Å². The molecule has 0 radical (unpaired) electrons. The highest BCUT2D eigenvalue weighted by Crippen LogP contribution is 2.18. The van der Waals surface area contributed by atoms with Crippen molar-refractivity contribution in [2.45, 2.75) is 379 Å². The van der Waals surface area contributed by atoms with Crippen LogP contribution in [0.1, 0.15) is 367 Å². The van der Waals surface area contributed by atoms with Crippen LogP contribution in [0, 0.1) is 0 Å². The van der Waals surface area contributed by atoms with E-state index >= 15 is 0 Å². The lowest BCUT2D eigenvalue weighted by atomic mass is 10.0. The molecule has 0 bridgehead atoms. The molecule has 0 heterocycles. The Balaban J connectivity index is 3.33. The van der Waals surface area contributed by atoms with Crippen molar-refractivity contribution in [3.63, 3.8) is 0 Å². The van der Waals surface area contributed by atoms with E-state index in [1.54, 1.807) is 6.08 Å². The molecule has 73 heavy (non-hydrogen) atoms. The molecule has 0 saturated heterocycles. The van der Waals surface area contributed by atoms with Gasteiger partial charge in [-0.2, -0.15) is 0 Å². The van der Waals surface area contributed by atoms with E-state index in [-0.39, 0.29) is 18.5 Å². The summed E-state index contributed by atoms with van der Waals surface area (Å²) in [6.07, 6.45) is 78.3. The van der Waals surface area contributed by atoms with Gasteiger partial charge < -0.3 is 20.3 Å². The highest BCUT2D eigenvalue weighted by molar-refractivity contribution is 5.76. The fourth-order valence-electron chi connectivity index (χ4n) is 10.4. The second kappa shape index (κ2) is 62.9. The Kier molecular flexibility index (Phi) is 61.4. The van der Waals surface area contributed by atoms with Gasteiger partial charge in [0.1, 0.15) is 0 Å². The number of hydrogen-bond acceptors (Lipinski definition) is 5. The number of nitrogens with one attached hydrogen (secondary N) is 1. The van der Waals surface area contributed by atoms with Gasteiger partial charge in [0.2, 0.25) is 5.91 Å². The normalized spacial score (nSPS) is 12.7. The first-order chi connectivity index (χ1) is 36.0. The number of carbonyl (C=O) groups excluding carboxylic acids is 2. The SMILES string of the molecule is CCCCCCCCC/C=C/C(O)C(CO)NC(=O)CCCCCCCCCCCCCCCC/C=C\CCCCCCCCCCCCCCOC(=O)CCCCCCCCCCCCCCCCCCC. The van der Waals surface area contributed by atoms with Crippen molar-refractivity contribution in [3.05, 3.63) is 24.3 Å². The Labute approximate surface area is 456 Å². The first-order valence-corrected chi connectivity index (χ1v) is 33.1. The summed E-state index contributed by atoms with van der Waals surface area (Å²) in [7, 11) is 0. The van der Waals surface area contributed by atoms with Crippen molar-refractivity contribution in [2.75, 3.05) is 13.2 Å². The van der Waals surface area contributed by atoms with Crippen molar-refractivity contribution in [3.8, 4) is 0 Å². The van der Waals surface area contributed by atoms with Crippen LogP contribution in [0.3, 0.4) is 0 Å². The molecule has 0 aliphatic carbocycles. The van der Waals surface area contributed by atoms with Crippen molar-refractivity contribution in [2.24, 2.45) is 0 Å². The van der Waals surface area contributed by atoms with Gasteiger partial charge in [0, 0.05) is 12.8 Å². The molecule has 3 N–H and O–H groups in total. The molecular weight excluding hydrogens is 899 g/mol. The van der Waals surface area contributed by atoms with Gasteiger partial charge in [-0.15, -0.1) is 0 Å². The van der Waals surface area contributed by atoms with Gasteiger partial charge in [-0.3, -0.25) is 9.59 Å². The first-order valence-electron chi connectivity index (χ1n) is 33.1. The standard InChI is InChI=1S/C67H129NO5/c1-3-5-7-9-11-13-14-15-16-31-35-38-41-45-49-53-57-61-67(72)73-62-58-54-50-46-42-39-36-33-30-28-26-24-22-20-18-17-19-21-23-25-27-29-32-34-37-40-44-48-52-56-60-66(71)68-64(63-69)65(70)59-55-51-47-43-12-10-8-6-4-2/h18,20,55,59,64-65,69-70H,3-17,19,21-54,56-58,60-63H2,1-2H3,(H,68,71)/b20-18-,59-55+. The van der Waals surface area contributed by atoms with E-state index in [2.05, 4.69) is 31.3 Å². The highest BCUT2D eigenvalue weighted by Gasteiger charge is 2.18. The van der Waals surface area contributed by atoms with E-state index in [0.29, 0.717) is 19.4 Å². The van der Waals surface area contributed by atoms with E-state index in [4.69, 9.17) is 4.74 Å². The molecule has 0 aromatic heterocycles. The van der Waals surface area contributed by atoms with Gasteiger partial charge in [-0.05, 0) is 57.8 Å². The lowest BCUT2D eigenvalue weighted by molar-refractivity contribution is -0.143. The van der Waals surface area contributed by atoms with Gasteiger partial charge in [0.25, 0.3) is 0 Å². The van der Waals surface area contributed by atoms with E-state index in [9.17, 15) is 19.8 Å². The number of ether oxygens (including phenoxy) is 1. The van der Waals surface area contributed by atoms with Crippen LogP contribution in [0.25, 0.3) is 0 Å². The minimum absolute atomic E-state index is 0.0211. The number of carbonyl (C=O) groups is 2. The third-order valence-electron chi connectivity index (χ3n) is 15.5. The largest absolute Gasteiger partial charge is 0.466 e. The van der Waals surface area contributed by atoms with Crippen LogP contribution in [0.5, 0.6) is 0 Å². The number of hydrogen-bond donors (Lipinski definition) is 3. The molecule has 6 heteroatoms. The Bertz CT molecular complexity index is 1140. The van der Waals surface area contributed by atoms with E-state index < -0.39 is 12.1 Å². The predicted octanol–water partition coefficient (Wildman–Crippen LogP) is 21.0. The summed E-state index contributed by atoms with van der Waals surface area (Å²) in [5.74, 6) is -0.0469. The van der Waals surface area contributed by atoms with E-state index in [1.165, 1.54) is 302 Å². The van der Waals surface area contributed by atoms with Crippen LogP contribution in [0.15, 0.2) is 24.3 Å². The molecule has 0 aliphatic heterocycles. The van der Waals surface area contributed by atoms with E-state index in [0.717, 1.165) is 38.5 Å². The van der Waals surface area contributed by atoms with Gasteiger partial charge in [0.05, 0.1) is 25.4 Å². The maximum Gasteiger partial charge on any atom is 0.305 e. The maximum absolute atomic E-state index is 12.4. The van der Waals surface area contributed by atoms with Crippen LogP contribution in [-0.2, 0) is 14.3 Å². The predicted molar refractivity (Wildman–Crippen MR) is 320 cm³/mol. The molecule has 1 amide bonds. The van der Waals surface area contributed by atoms with Gasteiger partial charge >= 0.3 is 5.97 Å². The zero-order chi connectivity index (χ0) is 52.9. The lowest BCUT2D eigenvalue weighted by Crippen LogP contribution is -2.45. The number of amides is 1. The fourth-order valence-corrected chi connectivity index (χ4v) is 10.4. The molecule has 0 fully saturated rings. The zero-order valence-electron chi connectivity index (χ0n) is 49.4. The molecule has 0 saturated carbocycles. The average Bonchev–Trinajstić information content (AvgIpc) is 3.39. The van der Waals surface area contributed by atoms with Gasteiger partial charge in [-0.25, -0.2) is 0 Å². The molecule has 2 atom stereocenters. The molecule has 0 spiro atoms. The van der Waals surface area contributed by atoms with E-state index in [1.807, 2.05) is 6.08 Å². The second-order valence-electron chi connectivity index (χ2n) is 22.8. The molecule has 0 aromatic rings. The number of rotatable bonds is 62. The molecule has 432 valence electrons. The van der Waals surface area contributed by atoms with Crippen molar-refractivity contribution >= 4 is 11.9 Å². The van der Waals surface area contributed by atoms with Crippen LogP contribution in [-0.4, -0.2) is 47.4 Å². The molecule has 0 aliphatic rings. The third kappa shape index (κ3) is 59.4. The van der Waals surface area contributed by atoms with Crippen LogP contribution in [0.2, 0.25) is 0 Å². The summed E-state index contributed by atoms with van der Waals surface area (Å²) < 4.78 is 5.50. The first kappa shape index (κ1) is 71.3. The Morgan fingerprint density at radius 1 is 0.370 bits per heavy atom. The number of aliphatic hydroxyl groups excluding tert-OH is 2. The summed E-state index contributed by atoms with van der Waals surface area (Å²) in [4.78, 5) is 24.5. The summed E-state index contributed by atoms with van der Waals surface area (Å²) in [6.45, 7) is 4.90. The van der Waals surface area contributed by atoms with Crippen LogP contribution in [0.4, 0.5) is 0 Å². The number of aliphatic hydroxyl groups is 2. The molecule has 0 rings (SSSR count). The van der Waals surface area contributed by atoms with Crippen LogP contribution >= 0.6 is 0 Å². The highest BCUT2D eigenvalue weighted by atomic mass is 16.5. The smallest absolute Gasteiger partial charge is 0.305 e. The zero-order valence-corrected chi connectivity index (χ0v) is 49.4. The van der Waals surface area contributed by atoms with Crippen molar-refractivity contribution in [1.29, 1.82) is 0 Å². The molecule has 0 aromatic carbocycles. The third-order valence-corrected chi connectivity index (χ3v) is 15.5. The summed E-state index contributed by atoms with van der Waals surface area (Å²) in [6, 6.07) is -0.624. The summed E-state index contributed by atoms with van der Waals surface area (Å²) >= 11 is 0. The Morgan fingerprint density at radius 3 is 0.973 bits per heavy atom. The Hall–Kier alpha value is -1.66.